The molecule has 0 N–H and O–H groups in total. The summed E-state index contributed by atoms with van der Waals surface area (Å²) in [7, 11) is 0. The van der Waals surface area contributed by atoms with E-state index in [1.54, 1.807) is 0 Å². The normalized spacial score (nSPS) is 31.0. The average Bonchev–Trinajstić information content (AvgIpc) is 2.56. The van der Waals surface area contributed by atoms with E-state index in [0.29, 0.717) is 11.7 Å². The molecule has 2 nitrogen and oxygen atoms in total. The maximum Gasteiger partial charge on any atom is 0.183 e. The first-order valence-corrected chi connectivity index (χ1v) is 8.60. The Hall–Kier alpha value is -1.15. The van der Waals surface area contributed by atoms with Crippen LogP contribution in [-0.4, -0.2) is 29.3 Å². The van der Waals surface area contributed by atoms with Crippen LogP contribution in [0.15, 0.2) is 30.3 Å². The molecule has 3 rings (SSSR count). The van der Waals surface area contributed by atoms with Gasteiger partial charge in [-0.25, -0.2) is 0 Å². The lowest BCUT2D eigenvalue weighted by Crippen LogP contribution is -2.61. The van der Waals surface area contributed by atoms with Gasteiger partial charge in [0, 0.05) is 5.56 Å². The van der Waals surface area contributed by atoms with Gasteiger partial charge in [0.2, 0.25) is 0 Å². The molecular formula is C19H27NO. The van der Waals surface area contributed by atoms with Gasteiger partial charge in [0.05, 0.1) is 5.54 Å². The highest BCUT2D eigenvalue weighted by Gasteiger charge is 2.49. The summed E-state index contributed by atoms with van der Waals surface area (Å²) >= 11 is 0. The summed E-state index contributed by atoms with van der Waals surface area (Å²) in [5.41, 5.74) is 0.664. The quantitative estimate of drug-likeness (QED) is 0.772. The number of likely N-dealkylation sites (tertiary alicyclic amines) is 1. The molecule has 2 fully saturated rings. The molecular weight excluding hydrogens is 258 g/mol. The molecule has 114 valence electrons. The van der Waals surface area contributed by atoms with Crippen molar-refractivity contribution in [3.05, 3.63) is 35.9 Å². The van der Waals surface area contributed by atoms with Gasteiger partial charge >= 0.3 is 0 Å². The number of hydrogen-bond donors (Lipinski definition) is 0. The van der Waals surface area contributed by atoms with Crippen molar-refractivity contribution in [2.75, 3.05) is 13.1 Å². The fourth-order valence-electron chi connectivity index (χ4n) is 4.41. The average molecular weight is 285 g/mol. The zero-order valence-electron chi connectivity index (χ0n) is 13.2. The molecule has 1 aromatic rings. The van der Waals surface area contributed by atoms with Crippen molar-refractivity contribution in [2.24, 2.45) is 5.92 Å². The first-order chi connectivity index (χ1) is 10.2. The van der Waals surface area contributed by atoms with Crippen molar-refractivity contribution >= 4 is 5.78 Å². The molecule has 0 radical (unpaired) electrons. The zero-order valence-corrected chi connectivity index (χ0v) is 13.2. The van der Waals surface area contributed by atoms with Crippen LogP contribution in [0, 0.1) is 5.92 Å². The number of nitrogens with zero attached hydrogens (tertiary/aromatic N) is 1. The molecule has 0 spiro atoms. The molecule has 21 heavy (non-hydrogen) atoms. The van der Waals surface area contributed by atoms with Crippen LogP contribution in [0.25, 0.3) is 0 Å². The second kappa shape index (κ2) is 6.31. The molecule has 0 unspecified atom stereocenters. The van der Waals surface area contributed by atoms with Crippen molar-refractivity contribution in [3.63, 3.8) is 0 Å². The van der Waals surface area contributed by atoms with Crippen LogP contribution < -0.4 is 0 Å². The monoisotopic (exact) mass is 285 g/mol. The second-order valence-corrected chi connectivity index (χ2v) is 6.81. The third-order valence-electron chi connectivity index (χ3n) is 5.61. The molecule has 1 saturated carbocycles. The van der Waals surface area contributed by atoms with E-state index in [-0.39, 0.29) is 5.54 Å². The maximum atomic E-state index is 13.4. The van der Waals surface area contributed by atoms with Crippen molar-refractivity contribution < 1.29 is 4.79 Å². The number of ketones is 1. The number of hydrogen-bond acceptors (Lipinski definition) is 2. The van der Waals surface area contributed by atoms with Crippen LogP contribution >= 0.6 is 0 Å². The van der Waals surface area contributed by atoms with Gasteiger partial charge in [0.1, 0.15) is 0 Å². The van der Waals surface area contributed by atoms with Gasteiger partial charge in [-0.15, -0.1) is 0 Å². The van der Waals surface area contributed by atoms with Crippen LogP contribution in [0.2, 0.25) is 0 Å². The number of carbonyl (C=O) groups is 1. The van der Waals surface area contributed by atoms with E-state index in [1.807, 2.05) is 30.3 Å². The lowest BCUT2D eigenvalue weighted by Gasteiger charge is -2.50. The molecule has 1 heterocycles. The molecule has 0 amide bonds. The molecule has 0 aromatic heterocycles. The van der Waals surface area contributed by atoms with Gasteiger partial charge in [-0.2, -0.15) is 0 Å². The summed E-state index contributed by atoms with van der Waals surface area (Å²) in [6.07, 6.45) is 8.52. The fourth-order valence-corrected chi connectivity index (χ4v) is 4.41. The zero-order chi connectivity index (χ0) is 14.7. The lowest BCUT2D eigenvalue weighted by atomic mass is 9.68. The van der Waals surface area contributed by atoms with Crippen LogP contribution in [0.3, 0.4) is 0 Å². The number of benzene rings is 1. The third-order valence-corrected chi connectivity index (χ3v) is 5.61. The highest BCUT2D eigenvalue weighted by atomic mass is 16.1. The second-order valence-electron chi connectivity index (χ2n) is 6.81. The van der Waals surface area contributed by atoms with Crippen LogP contribution in [0.1, 0.15) is 62.2 Å². The Kier molecular flexibility index (Phi) is 4.44. The van der Waals surface area contributed by atoms with Crippen molar-refractivity contribution in [1.29, 1.82) is 0 Å². The smallest absolute Gasteiger partial charge is 0.183 e. The maximum absolute atomic E-state index is 13.4. The molecule has 0 bridgehead atoms. The standard InChI is InChI=1S/C19H27NO/c1-16-10-6-7-13-19(16,20-14-8-3-9-15-20)18(21)17-11-4-2-5-12-17/h2,4-5,11-12,16H,3,6-10,13-15H2,1H3/t16-,19+/m0/s1. The molecule has 2 atom stereocenters. The summed E-state index contributed by atoms with van der Waals surface area (Å²) in [6, 6.07) is 9.97. The summed E-state index contributed by atoms with van der Waals surface area (Å²) in [5.74, 6) is 0.842. The van der Waals surface area contributed by atoms with Crippen LogP contribution in [0.4, 0.5) is 0 Å². The van der Waals surface area contributed by atoms with E-state index in [2.05, 4.69) is 11.8 Å². The Morgan fingerprint density at radius 2 is 1.76 bits per heavy atom. The summed E-state index contributed by atoms with van der Waals surface area (Å²) in [6.45, 7) is 4.50. The third kappa shape index (κ3) is 2.66. The van der Waals surface area contributed by atoms with Gasteiger partial charge in [0.25, 0.3) is 0 Å². The van der Waals surface area contributed by atoms with Gasteiger partial charge in [0.15, 0.2) is 5.78 Å². The molecule has 2 heteroatoms. The minimum atomic E-state index is -0.236. The fraction of sp³-hybridized carbons (Fsp3) is 0.632. The predicted octanol–water partition coefficient (Wildman–Crippen LogP) is 4.30. The van der Waals surface area contributed by atoms with E-state index in [9.17, 15) is 4.79 Å². The largest absolute Gasteiger partial charge is 0.292 e. The molecule has 1 aliphatic carbocycles. The highest BCUT2D eigenvalue weighted by Crippen LogP contribution is 2.42. The van der Waals surface area contributed by atoms with Gasteiger partial charge in [-0.05, 0) is 44.7 Å². The topological polar surface area (TPSA) is 20.3 Å². The Morgan fingerprint density at radius 3 is 2.43 bits per heavy atom. The van der Waals surface area contributed by atoms with Crippen molar-refractivity contribution in [3.8, 4) is 0 Å². The minimum absolute atomic E-state index is 0.236. The number of rotatable bonds is 3. The highest BCUT2D eigenvalue weighted by molar-refractivity contribution is 6.03. The van der Waals surface area contributed by atoms with E-state index in [0.717, 1.165) is 25.1 Å². The van der Waals surface area contributed by atoms with E-state index in [1.165, 1.54) is 38.5 Å². The van der Waals surface area contributed by atoms with Gasteiger partial charge < -0.3 is 0 Å². The summed E-state index contributed by atoms with van der Waals surface area (Å²) in [5, 5.41) is 0. The van der Waals surface area contributed by atoms with E-state index < -0.39 is 0 Å². The molecule has 1 aromatic carbocycles. The first kappa shape index (κ1) is 14.8. The van der Waals surface area contributed by atoms with E-state index >= 15 is 0 Å². The predicted molar refractivity (Wildman–Crippen MR) is 86.6 cm³/mol. The Labute approximate surface area is 128 Å². The number of carbonyl (C=O) groups excluding carboxylic acids is 1. The van der Waals surface area contributed by atoms with Gasteiger partial charge in [-0.3, -0.25) is 9.69 Å². The number of piperidine rings is 1. The van der Waals surface area contributed by atoms with Crippen LogP contribution in [-0.2, 0) is 0 Å². The molecule has 2 aliphatic rings. The van der Waals surface area contributed by atoms with Gasteiger partial charge in [-0.1, -0.05) is 56.5 Å². The summed E-state index contributed by atoms with van der Waals surface area (Å²) < 4.78 is 0. The first-order valence-electron chi connectivity index (χ1n) is 8.60. The van der Waals surface area contributed by atoms with Crippen molar-refractivity contribution in [1.82, 2.24) is 4.90 Å². The van der Waals surface area contributed by atoms with Crippen molar-refractivity contribution in [2.45, 2.75) is 57.4 Å². The molecule has 1 aliphatic heterocycles. The van der Waals surface area contributed by atoms with E-state index in [4.69, 9.17) is 0 Å². The molecule has 1 saturated heterocycles. The lowest BCUT2D eigenvalue weighted by molar-refractivity contribution is 0.00367. The Balaban J connectivity index is 1.97. The SMILES string of the molecule is C[C@H]1CCCC[C@@]1(C(=O)c1ccccc1)N1CCCCC1. The summed E-state index contributed by atoms with van der Waals surface area (Å²) in [4.78, 5) is 15.9. The Bertz CT molecular complexity index is 478. The van der Waals surface area contributed by atoms with Crippen LogP contribution in [0.5, 0.6) is 0 Å². The number of Topliss-reactive ketones (excluding diaryl/α,β-unsaturated/α-hetero) is 1. The minimum Gasteiger partial charge on any atom is -0.292 e. The Morgan fingerprint density at radius 1 is 1.05 bits per heavy atom.